The van der Waals surface area contributed by atoms with Gasteiger partial charge in [0.05, 0.1) is 12.7 Å². The third kappa shape index (κ3) is 6.40. The second-order valence-electron chi connectivity index (χ2n) is 4.53. The quantitative estimate of drug-likeness (QED) is 0.509. The first-order chi connectivity index (χ1) is 10.2. The number of imidazole rings is 2. The Morgan fingerprint density at radius 2 is 1.36 bits per heavy atom. The molecule has 0 unspecified atom stereocenters. The van der Waals surface area contributed by atoms with Gasteiger partial charge in [-0.05, 0) is 0 Å². The molecule has 22 heavy (non-hydrogen) atoms. The number of carbonyl (C=O) groups is 2. The van der Waals surface area contributed by atoms with Crippen molar-refractivity contribution in [2.45, 2.75) is 19.3 Å². The smallest absolute Gasteiger partial charge is 0.229 e. The topological polar surface area (TPSA) is 116 Å². The zero-order chi connectivity index (χ0) is 14.9. The first kappa shape index (κ1) is 17.7. The molecule has 0 saturated heterocycles. The molecule has 8 nitrogen and oxygen atoms in total. The molecule has 9 heteroatoms. The number of carbonyl (C=O) groups excluding carboxylic acids is 2. The van der Waals surface area contributed by atoms with E-state index in [4.69, 9.17) is 0 Å². The minimum atomic E-state index is -0.284. The first-order valence-corrected chi connectivity index (χ1v) is 6.72. The van der Waals surface area contributed by atoms with Gasteiger partial charge in [-0.25, -0.2) is 9.97 Å². The number of aromatic nitrogens is 4. The molecule has 2 heterocycles. The molecule has 0 atom stereocenters. The van der Waals surface area contributed by atoms with Crippen molar-refractivity contribution < 1.29 is 9.59 Å². The molecule has 2 rings (SSSR count). The maximum absolute atomic E-state index is 11.6. The summed E-state index contributed by atoms with van der Waals surface area (Å²) in [4.78, 5) is 36.8. The van der Waals surface area contributed by atoms with E-state index >= 15 is 0 Å². The van der Waals surface area contributed by atoms with E-state index < -0.39 is 0 Å². The van der Waals surface area contributed by atoms with E-state index in [0.717, 1.165) is 11.4 Å². The monoisotopic (exact) mass is 326 g/mol. The molecule has 0 aliphatic rings. The fourth-order valence-corrected chi connectivity index (χ4v) is 1.79. The normalized spacial score (nSPS) is 9.82. The number of nitrogens with one attached hydrogen (secondary N) is 4. The van der Waals surface area contributed by atoms with Gasteiger partial charge in [-0.15, -0.1) is 12.4 Å². The molecule has 0 radical (unpaired) electrons. The summed E-state index contributed by atoms with van der Waals surface area (Å²) in [5.41, 5.74) is 1.89. The number of hydrogen-bond acceptors (Lipinski definition) is 4. The molecule has 2 aromatic heterocycles. The van der Waals surface area contributed by atoms with Crippen LogP contribution in [0.25, 0.3) is 0 Å². The summed E-state index contributed by atoms with van der Waals surface area (Å²) >= 11 is 0. The first-order valence-electron chi connectivity index (χ1n) is 6.72. The van der Waals surface area contributed by atoms with Gasteiger partial charge in [0.25, 0.3) is 0 Å². The number of nitrogens with zero attached hydrogens (tertiary/aromatic N) is 2. The van der Waals surface area contributed by atoms with Gasteiger partial charge in [0.1, 0.15) is 6.42 Å². The van der Waals surface area contributed by atoms with Gasteiger partial charge < -0.3 is 20.6 Å². The molecule has 120 valence electrons. The van der Waals surface area contributed by atoms with Crippen LogP contribution < -0.4 is 10.6 Å². The summed E-state index contributed by atoms with van der Waals surface area (Å²) < 4.78 is 0. The van der Waals surface area contributed by atoms with Crippen molar-refractivity contribution in [1.29, 1.82) is 0 Å². The Morgan fingerprint density at radius 1 is 0.909 bits per heavy atom. The molecule has 0 aliphatic carbocycles. The van der Waals surface area contributed by atoms with Gasteiger partial charge in [0.2, 0.25) is 11.8 Å². The minimum absolute atomic E-state index is 0. The average Bonchev–Trinajstić information content (AvgIpc) is 3.11. The molecule has 0 spiro atoms. The average molecular weight is 327 g/mol. The van der Waals surface area contributed by atoms with Crippen LogP contribution in [0.1, 0.15) is 17.8 Å². The minimum Gasteiger partial charge on any atom is -0.355 e. The van der Waals surface area contributed by atoms with E-state index in [1.165, 1.54) is 0 Å². The predicted molar refractivity (Wildman–Crippen MR) is 82.5 cm³/mol. The van der Waals surface area contributed by atoms with Crippen LogP contribution in [0.2, 0.25) is 0 Å². The van der Waals surface area contributed by atoms with Gasteiger partial charge in [0, 0.05) is 49.7 Å². The Morgan fingerprint density at radius 3 is 1.73 bits per heavy atom. The zero-order valence-electron chi connectivity index (χ0n) is 12.0. The lowest BCUT2D eigenvalue weighted by Gasteiger charge is -2.05. The highest BCUT2D eigenvalue weighted by Gasteiger charge is 2.08. The molecule has 0 fully saturated rings. The predicted octanol–water partition coefficient (Wildman–Crippen LogP) is -0.0377. The third-order valence-corrected chi connectivity index (χ3v) is 2.86. The molecule has 0 aromatic carbocycles. The summed E-state index contributed by atoms with van der Waals surface area (Å²) in [6, 6.07) is 0. The Labute approximate surface area is 133 Å². The number of hydrogen-bond donors (Lipinski definition) is 4. The fourth-order valence-electron chi connectivity index (χ4n) is 1.79. The molecule has 0 saturated carbocycles. The summed E-state index contributed by atoms with van der Waals surface area (Å²) in [6.45, 7) is 0.949. The maximum atomic E-state index is 11.6. The molecule has 2 aromatic rings. The number of halogens is 1. The number of aromatic amines is 2. The Bertz CT molecular complexity index is 505. The summed E-state index contributed by atoms with van der Waals surface area (Å²) in [7, 11) is 0. The standard InChI is InChI=1S/C13H18N6O2.ClH/c20-12(16-3-1-10-6-14-8-18-10)5-13(21)17-4-2-11-7-15-9-19-11;/h6-9H,1-5H2,(H,14,18)(H,15,19)(H,16,20)(H,17,21);1H. The lowest BCUT2D eigenvalue weighted by atomic mass is 10.3. The zero-order valence-corrected chi connectivity index (χ0v) is 12.8. The van der Waals surface area contributed by atoms with Crippen molar-refractivity contribution in [2.24, 2.45) is 0 Å². The molecular weight excluding hydrogens is 308 g/mol. The lowest BCUT2D eigenvalue weighted by molar-refractivity contribution is -0.129. The highest BCUT2D eigenvalue weighted by atomic mass is 35.5. The summed E-state index contributed by atoms with van der Waals surface area (Å²) in [5, 5.41) is 5.38. The van der Waals surface area contributed by atoms with Crippen molar-refractivity contribution in [2.75, 3.05) is 13.1 Å². The largest absolute Gasteiger partial charge is 0.355 e. The van der Waals surface area contributed by atoms with Gasteiger partial charge in [-0.2, -0.15) is 0 Å². The Kier molecular flexibility index (Phi) is 7.69. The van der Waals surface area contributed by atoms with Crippen molar-refractivity contribution in [1.82, 2.24) is 30.6 Å². The van der Waals surface area contributed by atoms with E-state index in [0.29, 0.717) is 25.9 Å². The number of H-pyrrole nitrogens is 2. The SMILES string of the molecule is Cl.O=C(CC(=O)NCCc1cnc[nH]1)NCCc1cnc[nH]1. The van der Waals surface area contributed by atoms with Gasteiger partial charge in [0.15, 0.2) is 0 Å². The summed E-state index contributed by atoms with van der Waals surface area (Å²) in [5.74, 6) is -0.567. The Hall–Kier alpha value is -2.35. The highest BCUT2D eigenvalue weighted by molar-refractivity contribution is 5.96. The van der Waals surface area contributed by atoms with E-state index in [1.54, 1.807) is 25.0 Å². The fraction of sp³-hybridized carbons (Fsp3) is 0.385. The maximum Gasteiger partial charge on any atom is 0.229 e. The number of amides is 2. The van der Waals surface area contributed by atoms with Crippen LogP contribution in [0.5, 0.6) is 0 Å². The third-order valence-electron chi connectivity index (χ3n) is 2.86. The van der Waals surface area contributed by atoms with Gasteiger partial charge >= 0.3 is 0 Å². The van der Waals surface area contributed by atoms with Crippen molar-refractivity contribution in [3.05, 3.63) is 36.4 Å². The van der Waals surface area contributed by atoms with Gasteiger partial charge in [-0.3, -0.25) is 9.59 Å². The van der Waals surface area contributed by atoms with Crippen molar-refractivity contribution in [3.8, 4) is 0 Å². The second kappa shape index (κ2) is 9.56. The Balaban J connectivity index is 0.00000242. The highest BCUT2D eigenvalue weighted by Crippen LogP contribution is 1.92. The summed E-state index contributed by atoms with van der Waals surface area (Å²) in [6.07, 6.45) is 7.74. The molecule has 0 bridgehead atoms. The van der Waals surface area contributed by atoms with Crippen LogP contribution in [-0.4, -0.2) is 44.8 Å². The van der Waals surface area contributed by atoms with Crippen LogP contribution >= 0.6 is 12.4 Å². The molecular formula is C13H19ClN6O2. The van der Waals surface area contributed by atoms with E-state index in [1.807, 2.05) is 0 Å². The van der Waals surface area contributed by atoms with Crippen LogP contribution in [0, 0.1) is 0 Å². The van der Waals surface area contributed by atoms with E-state index in [2.05, 4.69) is 30.6 Å². The van der Waals surface area contributed by atoms with E-state index in [-0.39, 0.29) is 30.6 Å². The molecule has 2 amide bonds. The van der Waals surface area contributed by atoms with Crippen molar-refractivity contribution >= 4 is 24.2 Å². The van der Waals surface area contributed by atoms with E-state index in [9.17, 15) is 9.59 Å². The number of rotatable bonds is 8. The molecule has 4 N–H and O–H groups in total. The second-order valence-corrected chi connectivity index (χ2v) is 4.53. The van der Waals surface area contributed by atoms with Crippen LogP contribution in [0.15, 0.2) is 25.0 Å². The van der Waals surface area contributed by atoms with Gasteiger partial charge in [-0.1, -0.05) is 0 Å². The van der Waals surface area contributed by atoms with Crippen molar-refractivity contribution in [3.63, 3.8) is 0 Å². The van der Waals surface area contributed by atoms with Crippen LogP contribution in [0.4, 0.5) is 0 Å². The lowest BCUT2D eigenvalue weighted by Crippen LogP contribution is -2.33. The molecule has 0 aliphatic heterocycles. The van der Waals surface area contributed by atoms with Crippen LogP contribution in [0.3, 0.4) is 0 Å². The van der Waals surface area contributed by atoms with Crippen LogP contribution in [-0.2, 0) is 22.4 Å².